The Morgan fingerprint density at radius 3 is 2.44 bits per heavy atom. The van der Waals surface area contributed by atoms with Crippen LogP contribution in [0, 0.1) is 0 Å². The summed E-state index contributed by atoms with van der Waals surface area (Å²) in [5.41, 5.74) is 5.43. The van der Waals surface area contributed by atoms with Gasteiger partial charge < -0.3 is 16.2 Å². The van der Waals surface area contributed by atoms with E-state index in [1.54, 1.807) is 6.92 Å². The lowest BCUT2D eigenvalue weighted by atomic mass is 9.96. The highest BCUT2D eigenvalue weighted by molar-refractivity contribution is 5.78. The monoisotopic (exact) mass is 227 g/mol. The predicted molar refractivity (Wildman–Crippen MR) is 67.4 cm³/mol. The maximum absolute atomic E-state index is 9.56. The molecule has 0 aromatic carbocycles. The van der Waals surface area contributed by atoms with Crippen LogP contribution < -0.4 is 11.1 Å². The summed E-state index contributed by atoms with van der Waals surface area (Å²) in [6, 6.07) is 0.367. The first kappa shape index (κ1) is 13.3. The molecule has 0 radical (unpaired) electrons. The van der Waals surface area contributed by atoms with Gasteiger partial charge >= 0.3 is 0 Å². The maximum Gasteiger partial charge on any atom is 0.189 e. The van der Waals surface area contributed by atoms with Crippen molar-refractivity contribution < 1.29 is 5.11 Å². The molecule has 1 fully saturated rings. The lowest BCUT2D eigenvalue weighted by Gasteiger charge is -2.30. The second kappa shape index (κ2) is 5.53. The summed E-state index contributed by atoms with van der Waals surface area (Å²) in [5.74, 6) is 0.456. The molecule has 4 N–H and O–H groups in total. The zero-order chi connectivity index (χ0) is 12.2. The molecule has 0 heterocycles. The van der Waals surface area contributed by atoms with E-state index in [2.05, 4.69) is 10.3 Å². The third kappa shape index (κ3) is 4.00. The molecule has 1 saturated carbocycles. The lowest BCUT2D eigenvalue weighted by Crippen LogP contribution is -2.53. The SMILES string of the molecule is CC(O)C(C)(C)NC(N)=NC1CCCCC1. The molecule has 16 heavy (non-hydrogen) atoms. The van der Waals surface area contributed by atoms with Gasteiger partial charge in [-0.25, -0.2) is 0 Å². The van der Waals surface area contributed by atoms with Gasteiger partial charge in [-0.2, -0.15) is 0 Å². The number of guanidine groups is 1. The van der Waals surface area contributed by atoms with Crippen molar-refractivity contribution in [2.24, 2.45) is 10.7 Å². The zero-order valence-electron chi connectivity index (χ0n) is 10.7. The van der Waals surface area contributed by atoms with Crippen LogP contribution in [0.15, 0.2) is 4.99 Å². The van der Waals surface area contributed by atoms with E-state index in [9.17, 15) is 5.11 Å². The number of nitrogens with zero attached hydrogens (tertiary/aromatic N) is 1. The van der Waals surface area contributed by atoms with Crippen LogP contribution in [0.1, 0.15) is 52.9 Å². The van der Waals surface area contributed by atoms with E-state index >= 15 is 0 Å². The molecule has 1 rings (SSSR count). The second-order valence-electron chi connectivity index (χ2n) is 5.33. The minimum Gasteiger partial charge on any atom is -0.391 e. The van der Waals surface area contributed by atoms with Crippen LogP contribution in [0.2, 0.25) is 0 Å². The standard InChI is InChI=1S/C12H25N3O/c1-9(16)12(2,3)15-11(13)14-10-7-5-4-6-8-10/h9-10,16H,4-8H2,1-3H3,(H3,13,14,15). The maximum atomic E-state index is 9.56. The third-order valence-corrected chi connectivity index (χ3v) is 3.39. The summed E-state index contributed by atoms with van der Waals surface area (Å²) in [6.07, 6.45) is 5.63. The molecule has 4 nitrogen and oxygen atoms in total. The molecule has 0 aromatic rings. The van der Waals surface area contributed by atoms with Crippen LogP contribution in [-0.4, -0.2) is 28.8 Å². The third-order valence-electron chi connectivity index (χ3n) is 3.39. The van der Waals surface area contributed by atoms with Crippen molar-refractivity contribution in [2.75, 3.05) is 0 Å². The van der Waals surface area contributed by atoms with E-state index in [-0.39, 0.29) is 0 Å². The van der Waals surface area contributed by atoms with Crippen LogP contribution in [0.5, 0.6) is 0 Å². The Morgan fingerprint density at radius 2 is 1.94 bits per heavy atom. The molecule has 1 aliphatic rings. The molecule has 0 spiro atoms. The van der Waals surface area contributed by atoms with Gasteiger partial charge in [-0.3, -0.25) is 4.99 Å². The van der Waals surface area contributed by atoms with E-state index < -0.39 is 11.6 Å². The van der Waals surface area contributed by atoms with Crippen molar-refractivity contribution in [2.45, 2.75) is 70.6 Å². The number of aliphatic hydroxyl groups excluding tert-OH is 1. The molecule has 1 aliphatic carbocycles. The summed E-state index contributed by atoms with van der Waals surface area (Å²) in [4.78, 5) is 4.48. The van der Waals surface area contributed by atoms with Gasteiger partial charge in [0.2, 0.25) is 0 Å². The van der Waals surface area contributed by atoms with Crippen LogP contribution in [0.3, 0.4) is 0 Å². The van der Waals surface area contributed by atoms with Crippen molar-refractivity contribution in [1.29, 1.82) is 0 Å². The first-order valence-electron chi connectivity index (χ1n) is 6.21. The highest BCUT2D eigenvalue weighted by atomic mass is 16.3. The molecule has 0 amide bonds. The van der Waals surface area contributed by atoms with E-state index in [0.29, 0.717) is 12.0 Å². The molecule has 1 unspecified atom stereocenters. The van der Waals surface area contributed by atoms with Gasteiger partial charge in [-0.15, -0.1) is 0 Å². The minimum absolute atomic E-state index is 0.367. The minimum atomic E-state index is -0.465. The summed E-state index contributed by atoms with van der Waals surface area (Å²) < 4.78 is 0. The Morgan fingerprint density at radius 1 is 1.38 bits per heavy atom. The second-order valence-corrected chi connectivity index (χ2v) is 5.33. The van der Waals surface area contributed by atoms with Crippen molar-refractivity contribution >= 4 is 5.96 Å². The fraction of sp³-hybridized carbons (Fsp3) is 0.917. The number of rotatable bonds is 3. The van der Waals surface area contributed by atoms with Crippen molar-refractivity contribution in [3.8, 4) is 0 Å². The van der Waals surface area contributed by atoms with Gasteiger partial charge in [0.1, 0.15) is 0 Å². The van der Waals surface area contributed by atoms with Crippen molar-refractivity contribution in [3.63, 3.8) is 0 Å². The quantitative estimate of drug-likeness (QED) is 0.504. The van der Waals surface area contributed by atoms with Crippen LogP contribution >= 0.6 is 0 Å². The number of hydrogen-bond donors (Lipinski definition) is 3. The Kier molecular flexibility index (Phi) is 4.59. The molecule has 4 heteroatoms. The van der Waals surface area contributed by atoms with E-state index in [1.165, 1.54) is 19.3 Å². The smallest absolute Gasteiger partial charge is 0.189 e. The molecule has 94 valence electrons. The first-order chi connectivity index (χ1) is 7.42. The van der Waals surface area contributed by atoms with Crippen LogP contribution in [0.4, 0.5) is 0 Å². The largest absolute Gasteiger partial charge is 0.391 e. The summed E-state index contributed by atoms with van der Waals surface area (Å²) in [5, 5.41) is 12.6. The Labute approximate surface area is 98.3 Å². The van der Waals surface area contributed by atoms with Gasteiger partial charge in [-0.05, 0) is 33.6 Å². The van der Waals surface area contributed by atoms with E-state index in [1.807, 2.05) is 13.8 Å². The van der Waals surface area contributed by atoms with Gasteiger partial charge in [0, 0.05) is 0 Å². The Balaban J connectivity index is 2.49. The number of aliphatic imine (C=N–C) groups is 1. The lowest BCUT2D eigenvalue weighted by molar-refractivity contribution is 0.109. The predicted octanol–water partition coefficient (Wildman–Crippen LogP) is 1.38. The molecular weight excluding hydrogens is 202 g/mol. The first-order valence-corrected chi connectivity index (χ1v) is 6.21. The fourth-order valence-electron chi connectivity index (χ4n) is 1.87. The van der Waals surface area contributed by atoms with Crippen LogP contribution in [0.25, 0.3) is 0 Å². The van der Waals surface area contributed by atoms with E-state index in [0.717, 1.165) is 12.8 Å². The molecule has 0 aromatic heterocycles. The molecule has 1 atom stereocenters. The summed E-state index contributed by atoms with van der Waals surface area (Å²) in [6.45, 7) is 5.59. The van der Waals surface area contributed by atoms with Gasteiger partial charge in [0.05, 0.1) is 17.7 Å². The van der Waals surface area contributed by atoms with Crippen molar-refractivity contribution in [1.82, 2.24) is 5.32 Å². The number of nitrogens with one attached hydrogen (secondary N) is 1. The van der Waals surface area contributed by atoms with Gasteiger partial charge in [0.25, 0.3) is 0 Å². The van der Waals surface area contributed by atoms with Crippen molar-refractivity contribution in [3.05, 3.63) is 0 Å². The van der Waals surface area contributed by atoms with Crippen LogP contribution in [-0.2, 0) is 0 Å². The Bertz CT molecular complexity index is 243. The summed E-state index contributed by atoms with van der Waals surface area (Å²) in [7, 11) is 0. The molecule has 0 saturated heterocycles. The van der Waals surface area contributed by atoms with Gasteiger partial charge in [0.15, 0.2) is 5.96 Å². The zero-order valence-corrected chi connectivity index (χ0v) is 10.7. The number of nitrogens with two attached hydrogens (primary N) is 1. The molecule has 0 bridgehead atoms. The molecule has 0 aliphatic heterocycles. The highest BCUT2D eigenvalue weighted by Crippen LogP contribution is 2.20. The average molecular weight is 227 g/mol. The van der Waals surface area contributed by atoms with Gasteiger partial charge in [-0.1, -0.05) is 19.3 Å². The normalized spacial score (nSPS) is 21.9. The van der Waals surface area contributed by atoms with E-state index in [4.69, 9.17) is 5.73 Å². The molecular formula is C12H25N3O. The number of aliphatic hydroxyl groups is 1. The Hall–Kier alpha value is -0.770. The average Bonchev–Trinajstić information content (AvgIpc) is 2.17. The number of hydrogen-bond acceptors (Lipinski definition) is 2. The summed E-state index contributed by atoms with van der Waals surface area (Å²) >= 11 is 0. The fourth-order valence-corrected chi connectivity index (χ4v) is 1.87. The highest BCUT2D eigenvalue weighted by Gasteiger charge is 2.24. The topological polar surface area (TPSA) is 70.6 Å².